The zero-order valence-corrected chi connectivity index (χ0v) is 17.1. The number of amides is 1. The Morgan fingerprint density at radius 3 is 2.67 bits per heavy atom. The van der Waals surface area contributed by atoms with Crippen molar-refractivity contribution in [1.29, 1.82) is 0 Å². The van der Waals surface area contributed by atoms with Crippen molar-refractivity contribution in [3.05, 3.63) is 77.0 Å². The average molecular weight is 428 g/mol. The summed E-state index contributed by atoms with van der Waals surface area (Å²) in [5.74, 6) is -0.111. The molecule has 3 rings (SSSR count). The van der Waals surface area contributed by atoms with E-state index in [0.29, 0.717) is 17.0 Å². The van der Waals surface area contributed by atoms with Crippen molar-refractivity contribution in [2.45, 2.75) is 18.4 Å². The maximum absolute atomic E-state index is 12.9. The van der Waals surface area contributed by atoms with E-state index >= 15 is 0 Å². The number of nitrogens with one attached hydrogen (secondary N) is 2. The summed E-state index contributed by atoms with van der Waals surface area (Å²) in [5, 5.41) is 2.60. The molecule has 0 fully saturated rings. The number of ether oxygens (including phenoxy) is 1. The largest absolute Gasteiger partial charge is 0.495 e. The van der Waals surface area contributed by atoms with Crippen LogP contribution >= 0.6 is 0 Å². The van der Waals surface area contributed by atoms with Crippen molar-refractivity contribution in [2.24, 2.45) is 0 Å². The van der Waals surface area contributed by atoms with Crippen LogP contribution in [0.2, 0.25) is 0 Å². The van der Waals surface area contributed by atoms with Gasteiger partial charge in [-0.25, -0.2) is 18.2 Å². The first-order valence-corrected chi connectivity index (χ1v) is 10.4. The molecule has 0 aliphatic heterocycles. The molecule has 2 N–H and O–H groups in total. The van der Waals surface area contributed by atoms with Crippen molar-refractivity contribution in [3.8, 4) is 5.75 Å². The lowest BCUT2D eigenvalue weighted by atomic mass is 10.2. The normalized spacial score (nSPS) is 11.0. The number of benzene rings is 2. The van der Waals surface area contributed by atoms with E-state index in [1.807, 2.05) is 0 Å². The second-order valence-electron chi connectivity index (χ2n) is 6.36. The molecular formula is C20H20N4O5S. The topological polar surface area (TPSA) is 119 Å². The van der Waals surface area contributed by atoms with Gasteiger partial charge in [-0.2, -0.15) is 0 Å². The quantitative estimate of drug-likeness (QED) is 0.594. The summed E-state index contributed by atoms with van der Waals surface area (Å²) in [5.41, 5.74) is 0.521. The number of sulfonamides is 1. The summed E-state index contributed by atoms with van der Waals surface area (Å²) in [6.45, 7) is 1.40. The first kappa shape index (κ1) is 21.1. The Balaban J connectivity index is 1.83. The molecule has 0 saturated heterocycles. The monoisotopic (exact) mass is 428 g/mol. The van der Waals surface area contributed by atoms with Crippen molar-refractivity contribution in [3.63, 3.8) is 0 Å². The number of nitrogens with zero attached hydrogens (tertiary/aromatic N) is 2. The number of rotatable bonds is 7. The van der Waals surface area contributed by atoms with E-state index in [4.69, 9.17) is 4.74 Å². The zero-order chi connectivity index (χ0) is 21.7. The third kappa shape index (κ3) is 4.84. The van der Waals surface area contributed by atoms with Crippen LogP contribution in [-0.2, 0) is 21.4 Å². The van der Waals surface area contributed by atoms with Crippen molar-refractivity contribution in [1.82, 2.24) is 9.55 Å². The fourth-order valence-corrected chi connectivity index (χ4v) is 4.10. The van der Waals surface area contributed by atoms with Gasteiger partial charge in [-0.1, -0.05) is 18.2 Å². The molecule has 9 nitrogen and oxygen atoms in total. The van der Waals surface area contributed by atoms with Crippen LogP contribution in [-0.4, -0.2) is 31.0 Å². The standard InChI is InChI=1S/C20H20N4O5S/c1-14-8-9-15(22-19(25)13-24-11-5-10-21-20(24)26)12-18(14)30(27,28)23-16-6-3-4-7-17(16)29-2/h3-12,23H,13H2,1-2H3,(H,22,25). The molecule has 1 amide bonds. The van der Waals surface area contributed by atoms with Gasteiger partial charge in [0.1, 0.15) is 12.3 Å². The van der Waals surface area contributed by atoms with Gasteiger partial charge in [0.15, 0.2) is 0 Å². The van der Waals surface area contributed by atoms with Gasteiger partial charge < -0.3 is 10.1 Å². The third-order valence-electron chi connectivity index (χ3n) is 4.21. The molecule has 3 aromatic rings. The summed E-state index contributed by atoms with van der Waals surface area (Å²) < 4.78 is 34.7. The summed E-state index contributed by atoms with van der Waals surface area (Å²) in [6.07, 6.45) is 2.78. The van der Waals surface area contributed by atoms with E-state index in [1.165, 1.54) is 31.6 Å². The molecule has 0 radical (unpaired) electrons. The van der Waals surface area contributed by atoms with Gasteiger partial charge in [-0.3, -0.25) is 14.1 Å². The number of hydrogen-bond donors (Lipinski definition) is 2. The van der Waals surface area contributed by atoms with Crippen LogP contribution in [0.25, 0.3) is 0 Å². The van der Waals surface area contributed by atoms with Crippen LogP contribution in [0.15, 0.2) is 70.6 Å². The summed E-state index contributed by atoms with van der Waals surface area (Å²) in [6, 6.07) is 12.7. The number of hydrogen-bond acceptors (Lipinski definition) is 6. The average Bonchev–Trinajstić information content (AvgIpc) is 2.71. The number of aryl methyl sites for hydroxylation is 1. The van der Waals surface area contributed by atoms with Crippen LogP contribution in [0.5, 0.6) is 5.75 Å². The molecule has 1 heterocycles. The van der Waals surface area contributed by atoms with E-state index in [-0.39, 0.29) is 17.1 Å². The van der Waals surface area contributed by atoms with E-state index in [0.717, 1.165) is 4.57 Å². The lowest BCUT2D eigenvalue weighted by molar-refractivity contribution is -0.116. The van der Waals surface area contributed by atoms with Gasteiger partial charge in [0.25, 0.3) is 10.0 Å². The number of para-hydroxylation sites is 2. The van der Waals surface area contributed by atoms with Crippen LogP contribution in [0, 0.1) is 6.92 Å². The highest BCUT2D eigenvalue weighted by Gasteiger charge is 2.20. The second kappa shape index (κ2) is 8.78. The van der Waals surface area contributed by atoms with Gasteiger partial charge in [0.2, 0.25) is 5.91 Å². The third-order valence-corrected chi connectivity index (χ3v) is 5.72. The number of anilines is 2. The van der Waals surface area contributed by atoms with Gasteiger partial charge >= 0.3 is 5.69 Å². The molecule has 0 spiro atoms. The number of carbonyl (C=O) groups is 1. The molecule has 0 aliphatic carbocycles. The molecule has 0 atom stereocenters. The minimum absolute atomic E-state index is 0.00440. The SMILES string of the molecule is COc1ccccc1NS(=O)(=O)c1cc(NC(=O)Cn2cccnc2=O)ccc1C. The second-order valence-corrected chi connectivity index (χ2v) is 8.02. The Labute approximate surface area is 173 Å². The van der Waals surface area contributed by atoms with E-state index in [1.54, 1.807) is 43.3 Å². The van der Waals surface area contributed by atoms with Crippen molar-refractivity contribution >= 4 is 27.3 Å². The molecule has 0 aliphatic rings. The summed E-state index contributed by atoms with van der Waals surface area (Å²) >= 11 is 0. The first-order chi connectivity index (χ1) is 14.3. The highest BCUT2D eigenvalue weighted by atomic mass is 32.2. The summed E-state index contributed by atoms with van der Waals surface area (Å²) in [7, 11) is -2.50. The predicted molar refractivity (Wildman–Crippen MR) is 112 cm³/mol. The van der Waals surface area contributed by atoms with E-state index < -0.39 is 21.6 Å². The molecule has 10 heteroatoms. The molecular weight excluding hydrogens is 408 g/mol. The van der Waals surface area contributed by atoms with Crippen molar-refractivity contribution in [2.75, 3.05) is 17.1 Å². The maximum Gasteiger partial charge on any atom is 0.347 e. The van der Waals surface area contributed by atoms with Crippen LogP contribution < -0.4 is 20.5 Å². The Morgan fingerprint density at radius 2 is 1.93 bits per heavy atom. The lowest BCUT2D eigenvalue weighted by Crippen LogP contribution is -2.28. The zero-order valence-electron chi connectivity index (χ0n) is 16.3. The molecule has 2 aromatic carbocycles. The Kier molecular flexibility index (Phi) is 6.17. The Hall–Kier alpha value is -3.66. The maximum atomic E-state index is 12.9. The molecule has 1 aromatic heterocycles. The first-order valence-electron chi connectivity index (χ1n) is 8.88. The minimum atomic E-state index is -3.95. The van der Waals surface area contributed by atoms with Crippen LogP contribution in [0.3, 0.4) is 0 Å². The molecule has 156 valence electrons. The number of methoxy groups -OCH3 is 1. The fourth-order valence-electron chi connectivity index (χ4n) is 2.76. The molecule has 0 bridgehead atoms. The van der Waals surface area contributed by atoms with Gasteiger partial charge in [-0.15, -0.1) is 0 Å². The van der Waals surface area contributed by atoms with Gasteiger partial charge in [0, 0.05) is 18.1 Å². The van der Waals surface area contributed by atoms with Gasteiger partial charge in [-0.05, 0) is 42.8 Å². The number of aromatic nitrogens is 2. The smallest absolute Gasteiger partial charge is 0.347 e. The Morgan fingerprint density at radius 1 is 1.17 bits per heavy atom. The van der Waals surface area contributed by atoms with Gasteiger partial charge in [0.05, 0.1) is 17.7 Å². The van der Waals surface area contributed by atoms with Crippen LogP contribution in [0.1, 0.15) is 5.56 Å². The summed E-state index contributed by atoms with van der Waals surface area (Å²) in [4.78, 5) is 27.5. The molecule has 30 heavy (non-hydrogen) atoms. The molecule has 0 unspecified atom stereocenters. The van der Waals surface area contributed by atoms with E-state index in [2.05, 4.69) is 15.0 Å². The van der Waals surface area contributed by atoms with Crippen LogP contribution in [0.4, 0.5) is 11.4 Å². The number of carbonyl (C=O) groups excluding carboxylic acids is 1. The highest BCUT2D eigenvalue weighted by molar-refractivity contribution is 7.92. The van der Waals surface area contributed by atoms with E-state index in [9.17, 15) is 18.0 Å². The minimum Gasteiger partial charge on any atom is -0.495 e. The predicted octanol–water partition coefficient (Wildman–Crippen LogP) is 2.00. The Bertz CT molecular complexity index is 1240. The highest BCUT2D eigenvalue weighted by Crippen LogP contribution is 2.28. The fraction of sp³-hybridized carbons (Fsp3) is 0.150. The lowest BCUT2D eigenvalue weighted by Gasteiger charge is -2.14. The molecule has 0 saturated carbocycles. The van der Waals surface area contributed by atoms with Crippen molar-refractivity contribution < 1.29 is 17.9 Å².